The van der Waals surface area contributed by atoms with Crippen LogP contribution < -0.4 is 4.90 Å². The van der Waals surface area contributed by atoms with Crippen molar-refractivity contribution < 1.29 is 9.53 Å². The van der Waals surface area contributed by atoms with Gasteiger partial charge >= 0.3 is 0 Å². The number of pyridine rings is 1. The van der Waals surface area contributed by atoms with Crippen LogP contribution in [-0.4, -0.2) is 65.0 Å². The van der Waals surface area contributed by atoms with Crippen LogP contribution >= 0.6 is 0 Å². The van der Waals surface area contributed by atoms with Crippen molar-refractivity contribution in [1.29, 1.82) is 0 Å². The van der Waals surface area contributed by atoms with Gasteiger partial charge in [-0.15, -0.1) is 0 Å². The van der Waals surface area contributed by atoms with Crippen LogP contribution in [-0.2, 0) is 11.3 Å². The number of methoxy groups -OCH3 is 1. The smallest absolute Gasteiger partial charge is 0.255 e. The highest BCUT2D eigenvalue weighted by molar-refractivity contribution is 5.94. The first-order valence-corrected chi connectivity index (χ1v) is 10.2. The Morgan fingerprint density at radius 2 is 2.07 bits per heavy atom. The Morgan fingerprint density at radius 1 is 1.21 bits per heavy atom. The van der Waals surface area contributed by atoms with E-state index < -0.39 is 0 Å². The molecular weight excluding hydrogens is 354 g/mol. The Labute approximate surface area is 166 Å². The van der Waals surface area contributed by atoms with Crippen molar-refractivity contribution in [1.82, 2.24) is 19.7 Å². The van der Waals surface area contributed by atoms with Crippen LogP contribution in [0, 0.1) is 5.92 Å². The highest BCUT2D eigenvalue weighted by atomic mass is 16.5. The van der Waals surface area contributed by atoms with E-state index in [-0.39, 0.29) is 12.0 Å². The van der Waals surface area contributed by atoms with Gasteiger partial charge in [0.1, 0.15) is 5.82 Å². The second kappa shape index (κ2) is 8.73. The Morgan fingerprint density at radius 3 is 2.75 bits per heavy atom. The van der Waals surface area contributed by atoms with E-state index in [1.807, 2.05) is 40.2 Å². The van der Waals surface area contributed by atoms with Gasteiger partial charge in [-0.1, -0.05) is 0 Å². The Balaban J connectivity index is 1.31. The van der Waals surface area contributed by atoms with Crippen LogP contribution in [0.5, 0.6) is 0 Å². The molecule has 1 amide bonds. The average molecular weight is 383 g/mol. The molecule has 4 rings (SSSR count). The summed E-state index contributed by atoms with van der Waals surface area (Å²) in [5.41, 5.74) is 0.676. The molecule has 0 aromatic carbocycles. The summed E-state index contributed by atoms with van der Waals surface area (Å²) >= 11 is 0. The van der Waals surface area contributed by atoms with Crippen molar-refractivity contribution in [2.24, 2.45) is 5.92 Å². The summed E-state index contributed by atoms with van der Waals surface area (Å²) in [6.07, 6.45) is 10.0. The first-order chi connectivity index (χ1) is 13.7. The van der Waals surface area contributed by atoms with Crippen LogP contribution in [0.1, 0.15) is 36.0 Å². The molecule has 0 radical (unpaired) electrons. The Hall–Kier alpha value is -2.41. The molecule has 2 aromatic rings. The highest BCUT2D eigenvalue weighted by Crippen LogP contribution is 2.22. The lowest BCUT2D eigenvalue weighted by atomic mass is 9.96. The zero-order chi connectivity index (χ0) is 19.3. The number of hydrogen-bond acceptors (Lipinski definition) is 5. The molecule has 7 nitrogen and oxygen atoms in total. The van der Waals surface area contributed by atoms with Crippen LogP contribution in [0.15, 0.2) is 36.8 Å². The third-order valence-electron chi connectivity index (χ3n) is 5.94. The molecule has 2 aliphatic heterocycles. The molecule has 2 aromatic heterocycles. The lowest BCUT2D eigenvalue weighted by Gasteiger charge is -2.33. The maximum atomic E-state index is 12.8. The third kappa shape index (κ3) is 4.35. The highest BCUT2D eigenvalue weighted by Gasteiger charge is 2.25. The van der Waals surface area contributed by atoms with E-state index in [4.69, 9.17) is 4.74 Å². The van der Waals surface area contributed by atoms with Crippen molar-refractivity contribution in [2.75, 3.05) is 38.2 Å². The zero-order valence-electron chi connectivity index (χ0n) is 16.5. The van der Waals surface area contributed by atoms with Crippen LogP contribution in [0.3, 0.4) is 0 Å². The molecule has 28 heavy (non-hydrogen) atoms. The molecule has 150 valence electrons. The van der Waals surface area contributed by atoms with Gasteiger partial charge in [-0.25, -0.2) is 4.98 Å². The number of carbonyl (C=O) groups excluding carboxylic acids is 1. The van der Waals surface area contributed by atoms with Gasteiger partial charge in [-0.3, -0.25) is 9.48 Å². The van der Waals surface area contributed by atoms with Gasteiger partial charge in [-0.2, -0.15) is 5.10 Å². The lowest BCUT2D eigenvalue weighted by Crippen LogP contribution is -2.40. The summed E-state index contributed by atoms with van der Waals surface area (Å²) in [7, 11) is 1.77. The number of anilines is 1. The molecular formula is C21H29N5O2. The van der Waals surface area contributed by atoms with Crippen molar-refractivity contribution in [3.63, 3.8) is 0 Å². The predicted octanol–water partition coefficient (Wildman–Crippen LogP) is 2.45. The Kier molecular flexibility index (Phi) is 5.90. The van der Waals surface area contributed by atoms with E-state index >= 15 is 0 Å². The molecule has 0 bridgehead atoms. The number of nitrogens with zero attached hydrogens (tertiary/aromatic N) is 5. The van der Waals surface area contributed by atoms with E-state index in [2.05, 4.69) is 15.0 Å². The molecule has 1 unspecified atom stereocenters. The van der Waals surface area contributed by atoms with E-state index in [9.17, 15) is 4.79 Å². The molecule has 0 spiro atoms. The number of likely N-dealkylation sites (tertiary alicyclic amines) is 1. The molecule has 2 fully saturated rings. The minimum absolute atomic E-state index is 0.0880. The fraction of sp³-hybridized carbons (Fsp3) is 0.571. The number of carbonyl (C=O) groups is 1. The largest absolute Gasteiger partial charge is 0.380 e. The van der Waals surface area contributed by atoms with Gasteiger partial charge < -0.3 is 14.5 Å². The van der Waals surface area contributed by atoms with Gasteiger partial charge in [0.25, 0.3) is 5.91 Å². The summed E-state index contributed by atoms with van der Waals surface area (Å²) < 4.78 is 7.48. The van der Waals surface area contributed by atoms with Gasteiger partial charge in [0.2, 0.25) is 0 Å². The van der Waals surface area contributed by atoms with Crippen molar-refractivity contribution in [3.05, 3.63) is 42.4 Å². The van der Waals surface area contributed by atoms with Gasteiger partial charge in [0.05, 0.1) is 11.7 Å². The maximum Gasteiger partial charge on any atom is 0.255 e. The summed E-state index contributed by atoms with van der Waals surface area (Å²) in [6, 6.07) is 5.83. The monoisotopic (exact) mass is 383 g/mol. The van der Waals surface area contributed by atoms with Crippen LogP contribution in [0.4, 0.5) is 5.82 Å². The fourth-order valence-corrected chi connectivity index (χ4v) is 4.21. The number of ether oxygens (including phenoxy) is 1. The molecule has 7 heteroatoms. The van der Waals surface area contributed by atoms with E-state index in [0.717, 1.165) is 64.2 Å². The van der Waals surface area contributed by atoms with Crippen LogP contribution in [0.2, 0.25) is 0 Å². The minimum atomic E-state index is 0.0880. The second-order valence-corrected chi connectivity index (χ2v) is 7.81. The van der Waals surface area contributed by atoms with Crippen LogP contribution in [0.25, 0.3) is 0 Å². The Bertz CT molecular complexity index is 754. The first-order valence-electron chi connectivity index (χ1n) is 10.2. The van der Waals surface area contributed by atoms with Crippen molar-refractivity contribution in [3.8, 4) is 0 Å². The van der Waals surface area contributed by atoms with E-state index in [1.54, 1.807) is 13.3 Å². The molecule has 4 heterocycles. The van der Waals surface area contributed by atoms with E-state index in [0.29, 0.717) is 11.5 Å². The first kappa shape index (κ1) is 18.9. The topological polar surface area (TPSA) is 63.5 Å². The summed E-state index contributed by atoms with van der Waals surface area (Å²) in [4.78, 5) is 21.6. The molecule has 0 aliphatic carbocycles. The predicted molar refractivity (Wildman–Crippen MR) is 107 cm³/mol. The van der Waals surface area contributed by atoms with Gasteiger partial charge in [0, 0.05) is 58.4 Å². The van der Waals surface area contributed by atoms with Gasteiger partial charge in [0.15, 0.2) is 0 Å². The average Bonchev–Trinajstić information content (AvgIpc) is 3.27. The molecule has 2 aliphatic rings. The van der Waals surface area contributed by atoms with Crippen molar-refractivity contribution >= 4 is 11.7 Å². The van der Waals surface area contributed by atoms with Gasteiger partial charge in [-0.05, 0) is 49.8 Å². The quantitative estimate of drug-likeness (QED) is 0.794. The SMILES string of the molecule is COC1CCCN(c2ccc(C(=O)N3CCC(Cn4cccn4)CC3)cn2)C1. The summed E-state index contributed by atoms with van der Waals surface area (Å²) in [6.45, 7) is 4.39. The van der Waals surface area contributed by atoms with Crippen molar-refractivity contribution in [2.45, 2.75) is 38.3 Å². The zero-order valence-corrected chi connectivity index (χ0v) is 16.5. The number of aromatic nitrogens is 3. The fourth-order valence-electron chi connectivity index (χ4n) is 4.21. The standard InChI is InChI=1S/C21H29N5O2/c1-28-19-4-2-10-25(16-19)20-6-5-18(14-22-20)21(27)24-12-7-17(8-13-24)15-26-11-3-9-23-26/h3,5-6,9,11,14,17,19H,2,4,7-8,10,12-13,15-16H2,1H3. The summed E-state index contributed by atoms with van der Waals surface area (Å²) in [5, 5.41) is 4.28. The third-order valence-corrected chi connectivity index (χ3v) is 5.94. The molecule has 0 saturated carbocycles. The minimum Gasteiger partial charge on any atom is -0.380 e. The second-order valence-electron chi connectivity index (χ2n) is 7.81. The summed E-state index contributed by atoms with van der Waals surface area (Å²) in [5.74, 6) is 1.60. The molecule has 1 atom stereocenters. The number of piperidine rings is 2. The maximum absolute atomic E-state index is 12.8. The number of hydrogen-bond donors (Lipinski definition) is 0. The molecule has 2 saturated heterocycles. The normalized spacial score (nSPS) is 21.1. The van der Waals surface area contributed by atoms with E-state index in [1.165, 1.54) is 0 Å². The number of rotatable bonds is 5. The molecule has 0 N–H and O–H groups in total. The number of amides is 1. The lowest BCUT2D eigenvalue weighted by molar-refractivity contribution is 0.0680.